The molecule has 1 aliphatic heterocycles. The van der Waals surface area contributed by atoms with Crippen molar-refractivity contribution in [2.24, 2.45) is 0 Å². The van der Waals surface area contributed by atoms with Gasteiger partial charge in [0, 0.05) is 6.07 Å². The lowest BCUT2D eigenvalue weighted by molar-refractivity contribution is -0.118. The van der Waals surface area contributed by atoms with Crippen LogP contribution < -0.4 is 10.5 Å². The van der Waals surface area contributed by atoms with Gasteiger partial charge >= 0.3 is 0 Å². The molecular weight excluding hydrogens is 266 g/mol. The Morgan fingerprint density at radius 1 is 1.39 bits per heavy atom. The van der Waals surface area contributed by atoms with Crippen molar-refractivity contribution in [3.8, 4) is 5.88 Å². The van der Waals surface area contributed by atoms with Crippen LogP contribution in [0.1, 0.15) is 0 Å². The summed E-state index contributed by atoms with van der Waals surface area (Å²) in [7, 11) is 0. The van der Waals surface area contributed by atoms with Gasteiger partial charge in [-0.25, -0.2) is 0 Å². The Labute approximate surface area is 107 Å². The molecule has 18 heavy (non-hydrogen) atoms. The highest BCUT2D eigenvalue weighted by Crippen LogP contribution is 2.25. The van der Waals surface area contributed by atoms with Crippen molar-refractivity contribution in [1.29, 1.82) is 0 Å². The van der Waals surface area contributed by atoms with E-state index in [1.54, 1.807) is 0 Å². The van der Waals surface area contributed by atoms with Crippen LogP contribution in [0.15, 0.2) is 6.07 Å². The maximum absolute atomic E-state index is 9.63. The van der Waals surface area contributed by atoms with Crippen LogP contribution in [0.3, 0.4) is 0 Å². The van der Waals surface area contributed by atoms with E-state index in [0.29, 0.717) is 0 Å². The van der Waals surface area contributed by atoms with Crippen LogP contribution in [0, 0.1) is 0 Å². The summed E-state index contributed by atoms with van der Waals surface area (Å²) in [6.45, 7) is -0.438. The number of nitrogen functional groups attached to an aromatic ring is 1. The molecule has 8 nitrogen and oxygen atoms in total. The fraction of sp³-hybridized carbons (Fsp3) is 0.556. The Bertz CT molecular complexity index is 435. The van der Waals surface area contributed by atoms with Gasteiger partial charge in [0.1, 0.15) is 18.3 Å². The van der Waals surface area contributed by atoms with E-state index in [1.807, 2.05) is 0 Å². The Morgan fingerprint density at radius 2 is 2.11 bits per heavy atom. The molecule has 1 unspecified atom stereocenters. The van der Waals surface area contributed by atoms with E-state index in [4.69, 9.17) is 31.9 Å². The highest BCUT2D eigenvalue weighted by molar-refractivity contribution is 6.31. The minimum atomic E-state index is -1.30. The second-order valence-corrected chi connectivity index (χ2v) is 4.11. The number of hydrogen-bond donors (Lipinski definition) is 4. The summed E-state index contributed by atoms with van der Waals surface area (Å²) in [4.78, 5) is 0. The molecule has 1 aromatic rings. The van der Waals surface area contributed by atoms with Gasteiger partial charge in [-0.05, 0) is 0 Å². The average molecular weight is 278 g/mol. The van der Waals surface area contributed by atoms with Gasteiger partial charge < -0.3 is 30.5 Å². The summed E-state index contributed by atoms with van der Waals surface area (Å²) in [5.74, 6) is -0.00765. The Balaban J connectivity index is 2.07. The lowest BCUT2D eigenvalue weighted by Crippen LogP contribution is -2.35. The molecule has 4 atom stereocenters. The molecule has 0 bridgehead atoms. The number of aromatic nitrogens is 2. The van der Waals surface area contributed by atoms with Crippen LogP contribution >= 0.6 is 11.6 Å². The molecule has 0 aromatic carbocycles. The van der Waals surface area contributed by atoms with Crippen LogP contribution in [-0.4, -0.2) is 56.7 Å². The van der Waals surface area contributed by atoms with Gasteiger partial charge in [-0.15, -0.1) is 10.2 Å². The van der Waals surface area contributed by atoms with Crippen molar-refractivity contribution in [3.05, 3.63) is 11.2 Å². The van der Waals surface area contributed by atoms with E-state index in [1.165, 1.54) is 6.07 Å². The largest absolute Gasteiger partial charge is 0.444 e. The van der Waals surface area contributed by atoms with Crippen molar-refractivity contribution in [2.75, 3.05) is 12.3 Å². The molecule has 1 fully saturated rings. The van der Waals surface area contributed by atoms with E-state index in [9.17, 15) is 10.2 Å². The molecule has 0 saturated carbocycles. The standard InChI is InChI=1S/C9H12ClN3O5/c10-8-3(11)1-5(12-13-8)18-9-7(16)6(15)4(2-14)17-9/h1,4,6-7,9,14-16H,2H2,(H2,11,12)/t4-,6-,7-,9?/m1/s1. The molecule has 2 heterocycles. The van der Waals surface area contributed by atoms with Crippen LogP contribution in [0.2, 0.25) is 5.15 Å². The maximum atomic E-state index is 9.63. The van der Waals surface area contributed by atoms with Crippen molar-refractivity contribution in [2.45, 2.75) is 24.6 Å². The summed E-state index contributed by atoms with van der Waals surface area (Å²) in [5, 5.41) is 35.2. The van der Waals surface area contributed by atoms with Gasteiger partial charge in [0.25, 0.3) is 0 Å². The van der Waals surface area contributed by atoms with E-state index < -0.39 is 31.2 Å². The van der Waals surface area contributed by atoms with Crippen LogP contribution in [-0.2, 0) is 4.74 Å². The smallest absolute Gasteiger partial charge is 0.237 e. The number of anilines is 1. The van der Waals surface area contributed by atoms with Crippen molar-refractivity contribution < 1.29 is 24.8 Å². The Morgan fingerprint density at radius 3 is 2.67 bits per heavy atom. The van der Waals surface area contributed by atoms with E-state index in [2.05, 4.69) is 10.2 Å². The van der Waals surface area contributed by atoms with Gasteiger partial charge in [0.05, 0.1) is 12.3 Å². The number of nitrogens with zero attached hydrogens (tertiary/aromatic N) is 2. The number of aliphatic hydroxyl groups excluding tert-OH is 3. The third-order valence-electron chi connectivity index (χ3n) is 2.49. The molecule has 9 heteroatoms. The van der Waals surface area contributed by atoms with Crippen molar-refractivity contribution >= 4 is 17.3 Å². The highest BCUT2D eigenvalue weighted by Gasteiger charge is 2.44. The Hall–Kier alpha value is -1.19. The second-order valence-electron chi connectivity index (χ2n) is 3.75. The molecule has 0 radical (unpaired) electrons. The summed E-state index contributed by atoms with van der Waals surface area (Å²) in [6.07, 6.45) is -4.62. The molecule has 1 saturated heterocycles. The van der Waals surface area contributed by atoms with Gasteiger partial charge in [0.2, 0.25) is 12.2 Å². The molecule has 1 aliphatic rings. The molecule has 0 aliphatic carbocycles. The summed E-state index contributed by atoms with van der Waals surface area (Å²) in [6, 6.07) is 1.31. The fourth-order valence-electron chi connectivity index (χ4n) is 1.51. The first-order valence-corrected chi connectivity index (χ1v) is 5.48. The Kier molecular flexibility index (Phi) is 3.83. The lowest BCUT2D eigenvalue weighted by atomic mass is 10.1. The molecule has 1 aromatic heterocycles. The number of ether oxygens (including phenoxy) is 2. The summed E-state index contributed by atoms with van der Waals surface area (Å²) >= 11 is 5.59. The number of hydrogen-bond acceptors (Lipinski definition) is 8. The maximum Gasteiger partial charge on any atom is 0.237 e. The third kappa shape index (κ3) is 2.47. The minimum Gasteiger partial charge on any atom is -0.444 e. The molecular formula is C9H12ClN3O5. The minimum absolute atomic E-state index is 0.00765. The molecule has 0 spiro atoms. The SMILES string of the molecule is Nc1cc(OC2O[C@H](CO)[C@@H](O)[C@H]2O)nnc1Cl. The van der Waals surface area contributed by atoms with E-state index >= 15 is 0 Å². The molecule has 2 rings (SSSR count). The lowest BCUT2D eigenvalue weighted by Gasteiger charge is -2.15. The molecule has 0 amide bonds. The quantitative estimate of drug-likeness (QED) is 0.527. The summed E-state index contributed by atoms with van der Waals surface area (Å²) in [5.41, 5.74) is 5.66. The van der Waals surface area contributed by atoms with Crippen molar-refractivity contribution in [1.82, 2.24) is 10.2 Å². The first-order chi connectivity index (χ1) is 8.52. The van der Waals surface area contributed by atoms with Crippen LogP contribution in [0.5, 0.6) is 5.88 Å². The monoisotopic (exact) mass is 277 g/mol. The van der Waals surface area contributed by atoms with Gasteiger partial charge in [0.15, 0.2) is 5.15 Å². The molecule has 5 N–H and O–H groups in total. The second kappa shape index (κ2) is 5.21. The predicted molar refractivity (Wildman–Crippen MR) is 59.8 cm³/mol. The highest BCUT2D eigenvalue weighted by atomic mass is 35.5. The topological polar surface area (TPSA) is 131 Å². The van der Waals surface area contributed by atoms with Gasteiger partial charge in [-0.3, -0.25) is 0 Å². The fourth-order valence-corrected chi connectivity index (χ4v) is 1.60. The number of aliphatic hydroxyl groups is 3. The van der Waals surface area contributed by atoms with Crippen LogP contribution in [0.25, 0.3) is 0 Å². The first kappa shape index (κ1) is 13.2. The van der Waals surface area contributed by atoms with E-state index in [0.717, 1.165) is 0 Å². The molecule has 100 valence electrons. The normalized spacial score (nSPS) is 31.6. The average Bonchev–Trinajstić information content (AvgIpc) is 2.62. The zero-order valence-electron chi connectivity index (χ0n) is 9.10. The van der Waals surface area contributed by atoms with Gasteiger partial charge in [-0.2, -0.15) is 0 Å². The number of nitrogens with two attached hydrogens (primary N) is 1. The zero-order chi connectivity index (χ0) is 13.3. The van der Waals surface area contributed by atoms with Crippen LogP contribution in [0.4, 0.5) is 5.69 Å². The van der Waals surface area contributed by atoms with E-state index in [-0.39, 0.29) is 16.7 Å². The number of rotatable bonds is 3. The summed E-state index contributed by atoms with van der Waals surface area (Å²) < 4.78 is 10.3. The number of halogens is 1. The van der Waals surface area contributed by atoms with Gasteiger partial charge in [-0.1, -0.05) is 11.6 Å². The predicted octanol–water partition coefficient (Wildman–Crippen LogP) is -1.47. The van der Waals surface area contributed by atoms with Crippen molar-refractivity contribution in [3.63, 3.8) is 0 Å². The zero-order valence-corrected chi connectivity index (χ0v) is 9.86. The first-order valence-electron chi connectivity index (χ1n) is 5.10. The third-order valence-corrected chi connectivity index (χ3v) is 2.78.